The molecular formula is C20H35F. The zero-order chi connectivity index (χ0) is 14.7. The third kappa shape index (κ3) is 4.02. The maximum atomic E-state index is 12.7. The zero-order valence-electron chi connectivity index (χ0n) is 14.0. The van der Waals surface area contributed by atoms with E-state index in [4.69, 9.17) is 0 Å². The fourth-order valence-corrected chi connectivity index (χ4v) is 5.66. The van der Waals surface area contributed by atoms with E-state index < -0.39 is 0 Å². The molecule has 3 rings (SSSR count). The van der Waals surface area contributed by atoms with Crippen LogP contribution >= 0.6 is 0 Å². The highest BCUT2D eigenvalue weighted by Crippen LogP contribution is 2.45. The molecule has 0 amide bonds. The normalized spacial score (nSPS) is 45.4. The van der Waals surface area contributed by atoms with E-state index in [-0.39, 0.29) is 6.67 Å². The summed E-state index contributed by atoms with van der Waals surface area (Å²) in [4.78, 5) is 0. The topological polar surface area (TPSA) is 0 Å². The summed E-state index contributed by atoms with van der Waals surface area (Å²) >= 11 is 0. The van der Waals surface area contributed by atoms with Gasteiger partial charge in [0.25, 0.3) is 0 Å². The van der Waals surface area contributed by atoms with Gasteiger partial charge in [0.05, 0.1) is 6.67 Å². The molecule has 0 aliphatic heterocycles. The molecule has 0 aromatic rings. The molecule has 0 aromatic carbocycles. The second-order valence-corrected chi connectivity index (χ2v) is 8.63. The molecule has 0 aromatic heterocycles. The highest BCUT2D eigenvalue weighted by molar-refractivity contribution is 4.85. The van der Waals surface area contributed by atoms with E-state index in [9.17, 15) is 4.39 Å². The molecule has 0 radical (unpaired) electrons. The number of hydrogen-bond acceptors (Lipinski definition) is 0. The quantitative estimate of drug-likeness (QED) is 0.565. The highest BCUT2D eigenvalue weighted by atomic mass is 19.1. The molecule has 3 saturated carbocycles. The van der Waals surface area contributed by atoms with Crippen LogP contribution in [-0.2, 0) is 0 Å². The first-order chi connectivity index (χ1) is 10.3. The summed E-state index contributed by atoms with van der Waals surface area (Å²) in [6, 6.07) is 0. The Morgan fingerprint density at radius 1 is 0.571 bits per heavy atom. The van der Waals surface area contributed by atoms with Crippen molar-refractivity contribution in [3.05, 3.63) is 0 Å². The third-order valence-electron chi connectivity index (χ3n) is 7.32. The van der Waals surface area contributed by atoms with Crippen molar-refractivity contribution >= 4 is 0 Å². The Hall–Kier alpha value is -0.0700. The van der Waals surface area contributed by atoms with Crippen molar-refractivity contribution in [2.45, 2.75) is 84.0 Å². The lowest BCUT2D eigenvalue weighted by molar-refractivity contribution is 0.102. The van der Waals surface area contributed by atoms with Crippen molar-refractivity contribution in [1.29, 1.82) is 0 Å². The summed E-state index contributed by atoms with van der Waals surface area (Å²) in [5.74, 6) is 5.44. The van der Waals surface area contributed by atoms with Gasteiger partial charge in [0, 0.05) is 0 Å². The smallest absolute Gasteiger partial charge is 0.0922 e. The third-order valence-corrected chi connectivity index (χ3v) is 7.32. The summed E-state index contributed by atoms with van der Waals surface area (Å²) in [5.41, 5.74) is 0. The molecule has 3 aliphatic carbocycles. The minimum Gasteiger partial charge on any atom is -0.251 e. The lowest BCUT2D eigenvalue weighted by Gasteiger charge is -2.41. The fraction of sp³-hybridized carbons (Fsp3) is 1.00. The van der Waals surface area contributed by atoms with Crippen molar-refractivity contribution in [2.24, 2.45) is 35.5 Å². The van der Waals surface area contributed by atoms with Gasteiger partial charge in [-0.15, -0.1) is 0 Å². The predicted molar refractivity (Wildman–Crippen MR) is 88.0 cm³/mol. The average Bonchev–Trinajstić information content (AvgIpc) is 2.56. The van der Waals surface area contributed by atoms with Gasteiger partial charge in [-0.2, -0.15) is 0 Å². The molecule has 1 heteroatoms. The van der Waals surface area contributed by atoms with E-state index >= 15 is 0 Å². The molecule has 122 valence electrons. The number of rotatable bonds is 3. The molecule has 3 aliphatic rings. The van der Waals surface area contributed by atoms with Gasteiger partial charge in [0.1, 0.15) is 0 Å². The summed E-state index contributed by atoms with van der Waals surface area (Å²) in [5, 5.41) is 0. The van der Waals surface area contributed by atoms with Crippen LogP contribution in [0.25, 0.3) is 0 Å². The SMILES string of the molecule is CC1CCC(C2CCC(C3CCC(CF)CC3)CC2)CC1. The summed E-state index contributed by atoms with van der Waals surface area (Å²) in [7, 11) is 0. The summed E-state index contributed by atoms with van der Waals surface area (Å²) < 4.78 is 12.7. The van der Waals surface area contributed by atoms with Crippen LogP contribution in [0.4, 0.5) is 4.39 Å². The maximum Gasteiger partial charge on any atom is 0.0922 e. The fourth-order valence-electron chi connectivity index (χ4n) is 5.66. The Kier molecular flexibility index (Phi) is 5.62. The van der Waals surface area contributed by atoms with E-state index in [2.05, 4.69) is 6.92 Å². The standard InChI is InChI=1S/C20H35F/c1-15-2-6-17(7-3-15)19-10-12-20(13-11-19)18-8-4-16(14-21)5-9-18/h15-20H,2-14H2,1H3. The average molecular weight is 294 g/mol. The number of halogens is 1. The highest BCUT2D eigenvalue weighted by Gasteiger charge is 2.34. The molecular weight excluding hydrogens is 259 g/mol. The first-order valence-corrected chi connectivity index (χ1v) is 9.82. The van der Waals surface area contributed by atoms with Crippen molar-refractivity contribution in [1.82, 2.24) is 0 Å². The Bertz CT molecular complexity index is 289. The van der Waals surface area contributed by atoms with Gasteiger partial charge < -0.3 is 0 Å². The van der Waals surface area contributed by atoms with Crippen molar-refractivity contribution < 1.29 is 4.39 Å². The van der Waals surface area contributed by atoms with E-state index in [1.807, 2.05) is 0 Å². The van der Waals surface area contributed by atoms with Gasteiger partial charge in [0.15, 0.2) is 0 Å². The van der Waals surface area contributed by atoms with Crippen LogP contribution in [0.15, 0.2) is 0 Å². The minimum absolute atomic E-state index is 0.0699. The molecule has 0 bridgehead atoms. The Morgan fingerprint density at radius 3 is 1.29 bits per heavy atom. The molecule has 3 fully saturated rings. The van der Waals surface area contributed by atoms with Crippen LogP contribution < -0.4 is 0 Å². The van der Waals surface area contributed by atoms with Gasteiger partial charge in [-0.05, 0) is 99.7 Å². The molecule has 21 heavy (non-hydrogen) atoms. The molecule has 0 N–H and O–H groups in total. The Morgan fingerprint density at radius 2 is 0.905 bits per heavy atom. The Labute approximate surface area is 131 Å². The molecule has 0 unspecified atom stereocenters. The van der Waals surface area contributed by atoms with Gasteiger partial charge in [-0.25, -0.2) is 0 Å². The van der Waals surface area contributed by atoms with Crippen molar-refractivity contribution in [2.75, 3.05) is 6.67 Å². The number of hydrogen-bond donors (Lipinski definition) is 0. The van der Waals surface area contributed by atoms with E-state index in [1.54, 1.807) is 0 Å². The van der Waals surface area contributed by atoms with Crippen LogP contribution in [0.1, 0.15) is 84.0 Å². The van der Waals surface area contributed by atoms with Crippen molar-refractivity contribution in [3.63, 3.8) is 0 Å². The molecule has 0 atom stereocenters. The predicted octanol–water partition coefficient (Wildman–Crippen LogP) is 6.40. The first kappa shape index (κ1) is 15.8. The van der Waals surface area contributed by atoms with E-state index in [1.165, 1.54) is 77.0 Å². The Balaban J connectivity index is 1.41. The molecule has 0 heterocycles. The summed E-state index contributed by atoms with van der Waals surface area (Å²) in [6.45, 7) is 2.36. The van der Waals surface area contributed by atoms with Crippen LogP contribution in [-0.4, -0.2) is 6.67 Å². The summed E-state index contributed by atoms with van der Waals surface area (Å²) in [6.07, 6.45) is 17.0. The van der Waals surface area contributed by atoms with Crippen molar-refractivity contribution in [3.8, 4) is 0 Å². The van der Waals surface area contributed by atoms with Crippen LogP contribution in [0.5, 0.6) is 0 Å². The zero-order valence-corrected chi connectivity index (χ0v) is 14.0. The maximum absolute atomic E-state index is 12.7. The monoisotopic (exact) mass is 294 g/mol. The van der Waals surface area contributed by atoms with E-state index in [0.717, 1.165) is 29.6 Å². The van der Waals surface area contributed by atoms with Gasteiger partial charge in [0.2, 0.25) is 0 Å². The van der Waals surface area contributed by atoms with E-state index in [0.29, 0.717) is 5.92 Å². The first-order valence-electron chi connectivity index (χ1n) is 9.82. The van der Waals surface area contributed by atoms with Gasteiger partial charge >= 0.3 is 0 Å². The second kappa shape index (κ2) is 7.47. The number of alkyl halides is 1. The van der Waals surface area contributed by atoms with Gasteiger partial charge in [-0.3, -0.25) is 4.39 Å². The molecule has 0 nitrogen and oxygen atoms in total. The molecule has 0 saturated heterocycles. The van der Waals surface area contributed by atoms with Crippen LogP contribution in [0, 0.1) is 35.5 Å². The largest absolute Gasteiger partial charge is 0.251 e. The van der Waals surface area contributed by atoms with Crippen LogP contribution in [0.3, 0.4) is 0 Å². The van der Waals surface area contributed by atoms with Gasteiger partial charge in [-0.1, -0.05) is 19.8 Å². The molecule has 0 spiro atoms. The van der Waals surface area contributed by atoms with Crippen LogP contribution in [0.2, 0.25) is 0 Å². The lowest BCUT2D eigenvalue weighted by atomic mass is 9.65. The second-order valence-electron chi connectivity index (χ2n) is 8.63. The lowest BCUT2D eigenvalue weighted by Crippen LogP contribution is -2.29. The minimum atomic E-state index is -0.0699.